The Morgan fingerprint density at radius 2 is 1.88 bits per heavy atom. The first-order chi connectivity index (χ1) is 15.3. The van der Waals surface area contributed by atoms with Crippen molar-refractivity contribution in [3.63, 3.8) is 0 Å². The summed E-state index contributed by atoms with van der Waals surface area (Å²) in [5.74, 6) is -1.59. The van der Waals surface area contributed by atoms with Gasteiger partial charge in [0.2, 0.25) is 0 Å². The number of anilines is 1. The summed E-state index contributed by atoms with van der Waals surface area (Å²) in [6.45, 7) is 4.03. The molecule has 2 aromatic rings. The van der Waals surface area contributed by atoms with E-state index in [9.17, 15) is 18.8 Å². The number of aryl methyl sites for hydroxylation is 2. The van der Waals surface area contributed by atoms with E-state index in [-0.39, 0.29) is 17.9 Å². The summed E-state index contributed by atoms with van der Waals surface area (Å²) < 4.78 is 24.5. The van der Waals surface area contributed by atoms with Gasteiger partial charge in [-0.25, -0.2) is 9.18 Å². The van der Waals surface area contributed by atoms with Gasteiger partial charge in [0.05, 0.1) is 7.11 Å². The van der Waals surface area contributed by atoms with E-state index in [4.69, 9.17) is 9.47 Å². The molecule has 1 fully saturated rings. The molecule has 1 aliphatic rings. The summed E-state index contributed by atoms with van der Waals surface area (Å²) in [5, 5.41) is 2.56. The SMILES string of the molecule is COC(=O)C1CCCCN1C(=O)c1cc(F)cc(NC(=O)COc2ccc(C)c(C)c2)c1. The van der Waals surface area contributed by atoms with Gasteiger partial charge in [-0.2, -0.15) is 0 Å². The fraction of sp³-hybridized carbons (Fsp3) is 0.375. The number of piperidine rings is 1. The van der Waals surface area contributed by atoms with Crippen LogP contribution in [0.4, 0.5) is 10.1 Å². The van der Waals surface area contributed by atoms with Crippen LogP contribution in [0.1, 0.15) is 40.7 Å². The number of carbonyl (C=O) groups excluding carboxylic acids is 3. The molecular weight excluding hydrogens is 415 g/mol. The van der Waals surface area contributed by atoms with Crippen LogP contribution in [-0.2, 0) is 14.3 Å². The Bertz CT molecular complexity index is 1020. The Labute approximate surface area is 186 Å². The summed E-state index contributed by atoms with van der Waals surface area (Å²) in [7, 11) is 1.27. The van der Waals surface area contributed by atoms with Crippen LogP contribution in [0.15, 0.2) is 36.4 Å². The number of nitrogens with zero attached hydrogens (tertiary/aromatic N) is 1. The number of carbonyl (C=O) groups is 3. The van der Waals surface area contributed by atoms with Crippen molar-refractivity contribution in [1.29, 1.82) is 0 Å². The fourth-order valence-corrected chi connectivity index (χ4v) is 3.66. The highest BCUT2D eigenvalue weighted by Crippen LogP contribution is 2.23. The average Bonchev–Trinajstić information content (AvgIpc) is 2.78. The maximum Gasteiger partial charge on any atom is 0.328 e. The van der Waals surface area contributed by atoms with E-state index in [0.717, 1.165) is 36.1 Å². The molecule has 1 aliphatic heterocycles. The molecular formula is C24H27FN2O5. The summed E-state index contributed by atoms with van der Waals surface area (Å²) in [6, 6.07) is 8.40. The third-order valence-corrected chi connectivity index (χ3v) is 5.51. The number of halogens is 1. The largest absolute Gasteiger partial charge is 0.484 e. The lowest BCUT2D eigenvalue weighted by Crippen LogP contribution is -2.48. The number of hydrogen-bond acceptors (Lipinski definition) is 5. The van der Waals surface area contributed by atoms with Gasteiger partial charge < -0.3 is 19.7 Å². The molecule has 0 radical (unpaired) electrons. The molecule has 0 bridgehead atoms. The Morgan fingerprint density at radius 1 is 1.09 bits per heavy atom. The molecule has 170 valence electrons. The highest BCUT2D eigenvalue weighted by Gasteiger charge is 2.33. The van der Waals surface area contributed by atoms with E-state index in [1.165, 1.54) is 18.1 Å². The average molecular weight is 442 g/mol. The molecule has 1 saturated heterocycles. The fourth-order valence-electron chi connectivity index (χ4n) is 3.66. The molecule has 8 heteroatoms. The van der Waals surface area contributed by atoms with E-state index in [0.29, 0.717) is 18.7 Å². The molecule has 0 aliphatic carbocycles. The molecule has 1 unspecified atom stereocenters. The van der Waals surface area contributed by atoms with Crippen molar-refractivity contribution in [2.75, 3.05) is 25.6 Å². The molecule has 2 aromatic carbocycles. The Morgan fingerprint density at radius 3 is 2.59 bits per heavy atom. The molecule has 0 saturated carbocycles. The molecule has 1 heterocycles. The van der Waals surface area contributed by atoms with Crippen molar-refractivity contribution >= 4 is 23.5 Å². The van der Waals surface area contributed by atoms with Gasteiger partial charge in [0, 0.05) is 17.8 Å². The quantitative estimate of drug-likeness (QED) is 0.691. The van der Waals surface area contributed by atoms with Crippen molar-refractivity contribution in [2.24, 2.45) is 0 Å². The summed E-state index contributed by atoms with van der Waals surface area (Å²) in [5.41, 5.74) is 2.33. The number of nitrogens with one attached hydrogen (secondary N) is 1. The van der Waals surface area contributed by atoms with E-state index in [2.05, 4.69) is 5.32 Å². The van der Waals surface area contributed by atoms with Crippen molar-refractivity contribution in [1.82, 2.24) is 4.90 Å². The second-order valence-electron chi connectivity index (χ2n) is 7.84. The number of ether oxygens (including phenoxy) is 2. The number of esters is 1. The molecule has 2 amide bonds. The Balaban J connectivity index is 1.69. The van der Waals surface area contributed by atoms with E-state index < -0.39 is 29.6 Å². The molecule has 1 atom stereocenters. The predicted molar refractivity (Wildman–Crippen MR) is 117 cm³/mol. The molecule has 0 aromatic heterocycles. The minimum Gasteiger partial charge on any atom is -0.484 e. The molecule has 3 rings (SSSR count). The van der Waals surface area contributed by atoms with Gasteiger partial charge >= 0.3 is 5.97 Å². The number of methoxy groups -OCH3 is 1. The van der Waals surface area contributed by atoms with Gasteiger partial charge in [0.25, 0.3) is 11.8 Å². The van der Waals surface area contributed by atoms with Gasteiger partial charge in [0.1, 0.15) is 17.6 Å². The first kappa shape index (κ1) is 23.2. The van der Waals surface area contributed by atoms with Gasteiger partial charge in [-0.3, -0.25) is 9.59 Å². The Hall–Kier alpha value is -3.42. The molecule has 32 heavy (non-hydrogen) atoms. The summed E-state index contributed by atoms with van der Waals surface area (Å²) in [4.78, 5) is 38.8. The monoisotopic (exact) mass is 442 g/mol. The van der Waals surface area contributed by atoms with Crippen LogP contribution in [0, 0.1) is 19.7 Å². The van der Waals surface area contributed by atoms with Gasteiger partial charge in [-0.05, 0) is 74.6 Å². The second kappa shape index (κ2) is 10.3. The number of likely N-dealkylation sites (tertiary alicyclic amines) is 1. The summed E-state index contributed by atoms with van der Waals surface area (Å²) in [6.07, 6.45) is 2.04. The lowest BCUT2D eigenvalue weighted by molar-refractivity contribution is -0.147. The highest BCUT2D eigenvalue weighted by atomic mass is 19.1. The zero-order valence-corrected chi connectivity index (χ0v) is 18.4. The number of benzene rings is 2. The van der Waals surface area contributed by atoms with E-state index in [1.807, 2.05) is 26.0 Å². The lowest BCUT2D eigenvalue weighted by Gasteiger charge is -2.33. The van der Waals surface area contributed by atoms with Gasteiger partial charge in [-0.1, -0.05) is 6.07 Å². The topological polar surface area (TPSA) is 84.9 Å². The standard InChI is InChI=1S/C24H27FN2O5/c1-15-7-8-20(10-16(15)2)32-14-22(28)26-19-12-17(11-18(25)13-19)23(29)27-9-5-4-6-21(27)24(30)31-3/h7-8,10-13,21H,4-6,9,14H2,1-3H3,(H,26,28). The smallest absolute Gasteiger partial charge is 0.328 e. The van der Waals surface area contributed by atoms with Crippen LogP contribution in [0.3, 0.4) is 0 Å². The zero-order valence-electron chi connectivity index (χ0n) is 18.4. The van der Waals surface area contributed by atoms with E-state index >= 15 is 0 Å². The van der Waals surface area contributed by atoms with Crippen molar-refractivity contribution in [2.45, 2.75) is 39.2 Å². The number of rotatable bonds is 6. The summed E-state index contributed by atoms with van der Waals surface area (Å²) >= 11 is 0. The van der Waals surface area contributed by atoms with Gasteiger partial charge in [0.15, 0.2) is 6.61 Å². The van der Waals surface area contributed by atoms with Crippen LogP contribution in [-0.4, -0.2) is 49.0 Å². The normalized spacial score (nSPS) is 15.8. The molecule has 0 spiro atoms. The first-order valence-electron chi connectivity index (χ1n) is 10.5. The lowest BCUT2D eigenvalue weighted by atomic mass is 10.0. The second-order valence-corrected chi connectivity index (χ2v) is 7.84. The predicted octanol–water partition coefficient (Wildman–Crippen LogP) is 3.63. The minimum atomic E-state index is -0.700. The molecule has 1 N–H and O–H groups in total. The van der Waals surface area contributed by atoms with Crippen molar-refractivity contribution < 1.29 is 28.2 Å². The van der Waals surface area contributed by atoms with Crippen molar-refractivity contribution in [3.05, 3.63) is 58.9 Å². The van der Waals surface area contributed by atoms with E-state index in [1.54, 1.807) is 6.07 Å². The number of amides is 2. The molecule has 7 nitrogen and oxygen atoms in total. The van der Waals surface area contributed by atoms with Crippen molar-refractivity contribution in [3.8, 4) is 5.75 Å². The maximum absolute atomic E-state index is 14.2. The van der Waals surface area contributed by atoms with Gasteiger partial charge in [-0.15, -0.1) is 0 Å². The van der Waals surface area contributed by atoms with Crippen LogP contribution in [0.5, 0.6) is 5.75 Å². The Kier molecular flexibility index (Phi) is 7.45. The van der Waals surface area contributed by atoms with Crippen LogP contribution in [0.25, 0.3) is 0 Å². The third kappa shape index (κ3) is 5.63. The number of hydrogen-bond donors (Lipinski definition) is 1. The third-order valence-electron chi connectivity index (χ3n) is 5.51. The minimum absolute atomic E-state index is 0.0474. The van der Waals surface area contributed by atoms with Crippen LogP contribution < -0.4 is 10.1 Å². The maximum atomic E-state index is 14.2. The van der Waals surface area contributed by atoms with Crippen LogP contribution in [0.2, 0.25) is 0 Å². The van der Waals surface area contributed by atoms with Crippen LogP contribution >= 0.6 is 0 Å². The zero-order chi connectivity index (χ0) is 23.3. The highest BCUT2D eigenvalue weighted by molar-refractivity contribution is 5.99. The first-order valence-corrected chi connectivity index (χ1v) is 10.5.